The summed E-state index contributed by atoms with van der Waals surface area (Å²) >= 11 is 1.53. The topological polar surface area (TPSA) is 66.9 Å². The number of amides is 2. The molecule has 2 atom stereocenters. The first-order valence-electron chi connectivity index (χ1n) is 11.2. The zero-order chi connectivity index (χ0) is 24.2. The highest BCUT2D eigenvalue weighted by Crippen LogP contribution is 2.42. The predicted molar refractivity (Wildman–Crippen MR) is 133 cm³/mol. The van der Waals surface area contributed by atoms with Gasteiger partial charge in [0.05, 0.1) is 12.0 Å². The van der Waals surface area contributed by atoms with Gasteiger partial charge in [0, 0.05) is 36.6 Å². The van der Waals surface area contributed by atoms with E-state index >= 15 is 0 Å². The van der Waals surface area contributed by atoms with Crippen molar-refractivity contribution in [2.24, 2.45) is 5.92 Å². The fourth-order valence-corrected chi connectivity index (χ4v) is 5.13. The smallest absolute Gasteiger partial charge is 0.311 e. The summed E-state index contributed by atoms with van der Waals surface area (Å²) in [6, 6.07) is 18.4. The van der Waals surface area contributed by atoms with Crippen LogP contribution in [0.4, 0.5) is 5.69 Å². The van der Waals surface area contributed by atoms with Crippen molar-refractivity contribution < 1.29 is 19.1 Å². The normalized spacial score (nSPS) is 18.0. The van der Waals surface area contributed by atoms with E-state index in [1.165, 1.54) is 16.2 Å². The first-order valence-corrected chi connectivity index (χ1v) is 12.1. The Morgan fingerprint density at radius 1 is 1.09 bits per heavy atom. The fourth-order valence-electron chi connectivity index (χ4n) is 4.25. The van der Waals surface area contributed by atoms with Gasteiger partial charge in [0.15, 0.2) is 0 Å². The number of anilines is 1. The summed E-state index contributed by atoms with van der Waals surface area (Å²) in [6.07, 6.45) is 0.712. The van der Waals surface area contributed by atoms with Gasteiger partial charge in [-0.3, -0.25) is 14.4 Å². The lowest BCUT2D eigenvalue weighted by Crippen LogP contribution is -2.45. The van der Waals surface area contributed by atoms with Crippen LogP contribution in [0.3, 0.4) is 0 Å². The van der Waals surface area contributed by atoms with E-state index in [0.717, 1.165) is 21.7 Å². The average Bonchev–Trinajstić information content (AvgIpc) is 3.37. The lowest BCUT2D eigenvalue weighted by Gasteiger charge is -2.39. The van der Waals surface area contributed by atoms with Gasteiger partial charge >= 0.3 is 5.97 Å². The Kier molecular flexibility index (Phi) is 7.12. The van der Waals surface area contributed by atoms with Crippen LogP contribution in [0, 0.1) is 12.8 Å². The number of ether oxygens (including phenoxy) is 1. The lowest BCUT2D eigenvalue weighted by molar-refractivity contribution is -0.152. The molecule has 0 aliphatic carbocycles. The fraction of sp³-hybridized carbons (Fsp3) is 0.296. The van der Waals surface area contributed by atoms with E-state index in [4.69, 9.17) is 4.74 Å². The van der Waals surface area contributed by atoms with Gasteiger partial charge in [-0.05, 0) is 54.6 Å². The van der Waals surface area contributed by atoms with E-state index in [1.807, 2.05) is 54.8 Å². The van der Waals surface area contributed by atoms with Crippen LogP contribution in [0.1, 0.15) is 45.2 Å². The Morgan fingerprint density at radius 2 is 1.85 bits per heavy atom. The Bertz CT molecular complexity index is 1170. The quantitative estimate of drug-likeness (QED) is 0.471. The largest absolute Gasteiger partial charge is 0.461 e. The molecule has 176 valence electrons. The lowest BCUT2D eigenvalue weighted by atomic mass is 9.87. The minimum absolute atomic E-state index is 0.00111. The number of benzene rings is 2. The summed E-state index contributed by atoms with van der Waals surface area (Å²) in [5, 5.41) is 1.96. The molecule has 2 heterocycles. The zero-order valence-corrected chi connectivity index (χ0v) is 20.4. The summed E-state index contributed by atoms with van der Waals surface area (Å²) in [4.78, 5) is 42.8. The molecule has 34 heavy (non-hydrogen) atoms. The van der Waals surface area contributed by atoms with Gasteiger partial charge in [0.2, 0.25) is 5.91 Å². The number of rotatable bonds is 6. The van der Waals surface area contributed by atoms with E-state index in [0.29, 0.717) is 12.0 Å². The molecular weight excluding hydrogens is 448 g/mol. The Hall–Kier alpha value is -3.45. The number of nitrogens with zero attached hydrogens (tertiary/aromatic N) is 2. The van der Waals surface area contributed by atoms with Crippen LogP contribution in [-0.2, 0) is 20.9 Å². The maximum atomic E-state index is 13.3. The highest BCUT2D eigenvalue weighted by atomic mass is 32.1. The third-order valence-corrected chi connectivity index (χ3v) is 6.95. The van der Waals surface area contributed by atoms with Crippen LogP contribution in [-0.4, -0.2) is 36.8 Å². The number of aryl methyl sites for hydroxylation is 1. The third-order valence-electron chi connectivity index (χ3n) is 6.01. The predicted octanol–water partition coefficient (Wildman–Crippen LogP) is 4.99. The number of esters is 1. The molecule has 0 N–H and O–H groups in total. The highest BCUT2D eigenvalue weighted by molar-refractivity contribution is 7.10. The summed E-state index contributed by atoms with van der Waals surface area (Å²) in [5.41, 5.74) is 3.17. The minimum Gasteiger partial charge on any atom is -0.461 e. The molecule has 0 radical (unpaired) electrons. The molecule has 0 spiro atoms. The molecular formula is C27H28N2O4S. The molecule has 0 bridgehead atoms. The maximum Gasteiger partial charge on any atom is 0.311 e. The van der Waals surface area contributed by atoms with Gasteiger partial charge in [-0.15, -0.1) is 11.3 Å². The van der Waals surface area contributed by atoms with Crippen LogP contribution in [0.2, 0.25) is 0 Å². The van der Waals surface area contributed by atoms with Crippen molar-refractivity contribution in [2.45, 2.75) is 32.4 Å². The van der Waals surface area contributed by atoms with Gasteiger partial charge < -0.3 is 14.5 Å². The summed E-state index contributed by atoms with van der Waals surface area (Å²) < 4.78 is 5.73. The van der Waals surface area contributed by atoms with Crippen molar-refractivity contribution in [1.29, 1.82) is 0 Å². The number of hydrogen-bond donors (Lipinski definition) is 0. The van der Waals surface area contributed by atoms with Gasteiger partial charge in [-0.1, -0.05) is 35.9 Å². The van der Waals surface area contributed by atoms with E-state index in [2.05, 4.69) is 0 Å². The van der Waals surface area contributed by atoms with E-state index in [9.17, 15) is 14.4 Å². The van der Waals surface area contributed by atoms with Gasteiger partial charge in [-0.2, -0.15) is 0 Å². The van der Waals surface area contributed by atoms with Crippen molar-refractivity contribution >= 4 is 34.8 Å². The molecule has 1 aliphatic heterocycles. The molecule has 1 saturated heterocycles. The molecule has 7 heteroatoms. The zero-order valence-electron chi connectivity index (χ0n) is 19.6. The molecule has 2 aromatic carbocycles. The number of hydrogen-bond acceptors (Lipinski definition) is 5. The van der Waals surface area contributed by atoms with Crippen molar-refractivity contribution in [1.82, 2.24) is 4.90 Å². The van der Waals surface area contributed by atoms with Gasteiger partial charge in [-0.25, -0.2) is 0 Å². The van der Waals surface area contributed by atoms with Crippen LogP contribution in [0.25, 0.3) is 0 Å². The van der Waals surface area contributed by atoms with Crippen molar-refractivity contribution in [2.75, 3.05) is 19.0 Å². The first-order chi connectivity index (χ1) is 16.3. The van der Waals surface area contributed by atoms with Gasteiger partial charge in [0.25, 0.3) is 5.91 Å². The number of thiophene rings is 1. The number of carbonyl (C=O) groups excluding carboxylic acids is 3. The second-order valence-electron chi connectivity index (χ2n) is 8.71. The first kappa shape index (κ1) is 23.7. The third kappa shape index (κ3) is 5.04. The Balaban J connectivity index is 1.57. The molecule has 1 aromatic heterocycles. The van der Waals surface area contributed by atoms with E-state index in [1.54, 1.807) is 37.2 Å². The molecule has 1 aliphatic rings. The second kappa shape index (κ2) is 10.2. The standard InChI is InChI=1S/C27H28N2O4S/c1-18-9-11-21(12-10-18)29-24(30)14-13-22(25(29)23-8-5-15-34-23)27(32)33-17-19-6-4-7-20(16-19)26(31)28(2)3/h4-12,15-16,22,25H,13-14,17H2,1-3H3. The van der Waals surface area contributed by atoms with Crippen molar-refractivity contribution in [3.05, 3.63) is 87.6 Å². The molecule has 4 rings (SSSR count). The molecule has 0 saturated carbocycles. The SMILES string of the molecule is Cc1ccc(N2C(=O)CCC(C(=O)OCc3cccc(C(=O)N(C)C)c3)C2c2cccs2)cc1. The Morgan fingerprint density at radius 3 is 2.53 bits per heavy atom. The molecule has 1 fully saturated rings. The number of carbonyl (C=O) groups is 3. The van der Waals surface area contributed by atoms with E-state index in [-0.39, 0.29) is 30.8 Å². The van der Waals surface area contributed by atoms with Gasteiger partial charge in [0.1, 0.15) is 6.61 Å². The van der Waals surface area contributed by atoms with Crippen molar-refractivity contribution in [3.63, 3.8) is 0 Å². The average molecular weight is 477 g/mol. The molecule has 2 unspecified atom stereocenters. The molecule has 2 amide bonds. The van der Waals surface area contributed by atoms with Crippen LogP contribution in [0.5, 0.6) is 0 Å². The summed E-state index contributed by atoms with van der Waals surface area (Å²) in [6.45, 7) is 2.07. The van der Waals surface area contributed by atoms with Crippen LogP contribution in [0.15, 0.2) is 66.0 Å². The van der Waals surface area contributed by atoms with Crippen LogP contribution < -0.4 is 4.90 Å². The maximum absolute atomic E-state index is 13.3. The minimum atomic E-state index is -0.482. The summed E-state index contributed by atoms with van der Waals surface area (Å²) in [5.74, 6) is -0.928. The summed E-state index contributed by atoms with van der Waals surface area (Å²) in [7, 11) is 3.40. The Labute approximate surface area is 203 Å². The van der Waals surface area contributed by atoms with E-state index < -0.39 is 12.0 Å². The van der Waals surface area contributed by atoms with Crippen LogP contribution >= 0.6 is 11.3 Å². The second-order valence-corrected chi connectivity index (χ2v) is 9.69. The monoisotopic (exact) mass is 476 g/mol. The number of piperidine rings is 1. The highest BCUT2D eigenvalue weighted by Gasteiger charge is 2.42. The van der Waals surface area contributed by atoms with Crippen molar-refractivity contribution in [3.8, 4) is 0 Å². The molecule has 3 aromatic rings. The molecule has 6 nitrogen and oxygen atoms in total.